The summed E-state index contributed by atoms with van der Waals surface area (Å²) in [5, 5.41) is 29.5. The van der Waals surface area contributed by atoms with Gasteiger partial charge < -0.3 is 5.11 Å². The molecule has 0 amide bonds. The Labute approximate surface area is 102 Å². The standard InChI is InChI=1S/C10H9N5OS/c1-7(6-11)17-10-12-13-14-15(10)8-2-4-9(16)5-3-8/h2-5,7,16H,1H3/t7-/m1/s1. The van der Waals surface area contributed by atoms with Crippen LogP contribution in [0.5, 0.6) is 5.75 Å². The van der Waals surface area contributed by atoms with E-state index in [-0.39, 0.29) is 11.0 Å². The van der Waals surface area contributed by atoms with Gasteiger partial charge in [-0.15, -0.1) is 5.10 Å². The molecule has 2 aromatic rings. The van der Waals surface area contributed by atoms with Gasteiger partial charge in [-0.05, 0) is 41.6 Å². The van der Waals surface area contributed by atoms with Crippen molar-refractivity contribution in [1.82, 2.24) is 20.2 Å². The van der Waals surface area contributed by atoms with Gasteiger partial charge in [-0.3, -0.25) is 0 Å². The first-order valence-electron chi connectivity index (χ1n) is 4.85. The molecule has 0 bridgehead atoms. The molecule has 1 atom stereocenters. The highest BCUT2D eigenvalue weighted by atomic mass is 32.2. The summed E-state index contributed by atoms with van der Waals surface area (Å²) in [5.41, 5.74) is 0.737. The predicted molar refractivity (Wildman–Crippen MR) is 61.8 cm³/mol. The lowest BCUT2D eigenvalue weighted by Gasteiger charge is -2.04. The average Bonchev–Trinajstić information content (AvgIpc) is 2.78. The van der Waals surface area contributed by atoms with Crippen molar-refractivity contribution in [3.63, 3.8) is 0 Å². The summed E-state index contributed by atoms with van der Waals surface area (Å²) in [4.78, 5) is 0. The molecule has 0 aliphatic heterocycles. The third-order valence-electron chi connectivity index (χ3n) is 2.00. The molecule has 0 aliphatic rings. The van der Waals surface area contributed by atoms with Crippen LogP contribution in [0.3, 0.4) is 0 Å². The molecule has 6 nitrogen and oxygen atoms in total. The fourth-order valence-corrected chi connectivity index (χ4v) is 1.89. The molecule has 2 rings (SSSR count). The van der Waals surface area contributed by atoms with E-state index in [9.17, 15) is 5.11 Å². The fraction of sp³-hybridized carbons (Fsp3) is 0.200. The minimum absolute atomic E-state index is 0.182. The van der Waals surface area contributed by atoms with E-state index in [2.05, 4.69) is 21.6 Å². The number of aromatic nitrogens is 4. The molecule has 0 unspecified atom stereocenters. The van der Waals surface area contributed by atoms with Crippen LogP contribution in [0.4, 0.5) is 0 Å². The number of phenols is 1. The number of hydrogen-bond acceptors (Lipinski definition) is 6. The first-order valence-corrected chi connectivity index (χ1v) is 5.72. The normalized spacial score (nSPS) is 12.0. The van der Waals surface area contributed by atoms with E-state index in [1.165, 1.54) is 16.4 Å². The van der Waals surface area contributed by atoms with Gasteiger partial charge in [-0.2, -0.15) is 9.94 Å². The van der Waals surface area contributed by atoms with Crippen molar-refractivity contribution in [3.05, 3.63) is 24.3 Å². The Hall–Kier alpha value is -2.07. The van der Waals surface area contributed by atoms with Crippen molar-refractivity contribution in [2.24, 2.45) is 0 Å². The predicted octanol–water partition coefficient (Wildman–Crippen LogP) is 1.37. The average molecular weight is 247 g/mol. The molecule has 0 spiro atoms. The van der Waals surface area contributed by atoms with Crippen LogP contribution in [0.1, 0.15) is 6.92 Å². The number of thioether (sulfide) groups is 1. The SMILES string of the molecule is C[C@H](C#N)Sc1nnnn1-c1ccc(O)cc1. The van der Waals surface area contributed by atoms with E-state index in [4.69, 9.17) is 5.26 Å². The maximum atomic E-state index is 9.20. The van der Waals surface area contributed by atoms with Gasteiger partial charge in [0.15, 0.2) is 0 Å². The minimum Gasteiger partial charge on any atom is -0.508 e. The van der Waals surface area contributed by atoms with Crippen molar-refractivity contribution < 1.29 is 5.11 Å². The summed E-state index contributed by atoms with van der Waals surface area (Å²) in [6.45, 7) is 1.78. The molecule has 1 aromatic heterocycles. The van der Waals surface area contributed by atoms with Crippen molar-refractivity contribution in [1.29, 1.82) is 5.26 Å². The topological polar surface area (TPSA) is 87.6 Å². The van der Waals surface area contributed by atoms with Crippen molar-refractivity contribution in [3.8, 4) is 17.5 Å². The molecular weight excluding hydrogens is 238 g/mol. The van der Waals surface area contributed by atoms with Crippen molar-refractivity contribution in [2.45, 2.75) is 17.3 Å². The van der Waals surface area contributed by atoms with E-state index in [0.29, 0.717) is 5.16 Å². The Morgan fingerprint density at radius 1 is 1.41 bits per heavy atom. The number of benzene rings is 1. The largest absolute Gasteiger partial charge is 0.508 e. The molecule has 0 saturated carbocycles. The highest BCUT2D eigenvalue weighted by molar-refractivity contribution is 8.00. The van der Waals surface area contributed by atoms with Gasteiger partial charge in [-0.1, -0.05) is 11.8 Å². The quantitative estimate of drug-likeness (QED) is 0.824. The molecule has 0 radical (unpaired) electrons. The second-order valence-corrected chi connectivity index (χ2v) is 4.59. The van der Waals surface area contributed by atoms with Gasteiger partial charge >= 0.3 is 0 Å². The van der Waals surface area contributed by atoms with Crippen LogP contribution in [0.25, 0.3) is 5.69 Å². The second-order valence-electron chi connectivity index (χ2n) is 3.28. The molecular formula is C10H9N5OS. The number of nitrogens with zero attached hydrogens (tertiary/aromatic N) is 5. The Kier molecular flexibility index (Phi) is 3.25. The fourth-order valence-electron chi connectivity index (χ4n) is 1.19. The van der Waals surface area contributed by atoms with Gasteiger partial charge in [0.1, 0.15) is 5.75 Å². The number of rotatable bonds is 3. The second kappa shape index (κ2) is 4.84. The van der Waals surface area contributed by atoms with Gasteiger partial charge in [0.05, 0.1) is 17.0 Å². The molecule has 0 fully saturated rings. The van der Waals surface area contributed by atoms with Gasteiger partial charge in [0, 0.05) is 0 Å². The molecule has 17 heavy (non-hydrogen) atoms. The highest BCUT2D eigenvalue weighted by Crippen LogP contribution is 2.22. The van der Waals surface area contributed by atoms with E-state index < -0.39 is 0 Å². The van der Waals surface area contributed by atoms with Crippen molar-refractivity contribution in [2.75, 3.05) is 0 Å². The molecule has 86 valence electrons. The molecule has 1 aromatic carbocycles. The Balaban J connectivity index is 2.31. The Morgan fingerprint density at radius 3 is 2.76 bits per heavy atom. The van der Waals surface area contributed by atoms with E-state index in [0.717, 1.165) is 5.69 Å². The summed E-state index contributed by atoms with van der Waals surface area (Å²) in [5.74, 6) is 0.182. The van der Waals surface area contributed by atoms with Crippen LogP contribution in [-0.4, -0.2) is 30.6 Å². The highest BCUT2D eigenvalue weighted by Gasteiger charge is 2.12. The summed E-state index contributed by atoms with van der Waals surface area (Å²) in [6.07, 6.45) is 0. The first-order chi connectivity index (χ1) is 8.20. The van der Waals surface area contributed by atoms with Gasteiger partial charge in [0.2, 0.25) is 5.16 Å². The zero-order valence-electron chi connectivity index (χ0n) is 8.98. The Bertz CT molecular complexity index is 545. The monoisotopic (exact) mass is 247 g/mol. The smallest absolute Gasteiger partial charge is 0.215 e. The van der Waals surface area contributed by atoms with Crippen LogP contribution < -0.4 is 0 Å². The van der Waals surface area contributed by atoms with Crippen molar-refractivity contribution >= 4 is 11.8 Å². The van der Waals surface area contributed by atoms with E-state index >= 15 is 0 Å². The lowest BCUT2D eigenvalue weighted by Crippen LogP contribution is -2.01. The summed E-state index contributed by atoms with van der Waals surface area (Å²) in [6, 6.07) is 8.62. The van der Waals surface area contributed by atoms with E-state index in [1.54, 1.807) is 31.2 Å². The lowest BCUT2D eigenvalue weighted by atomic mass is 10.3. The maximum absolute atomic E-state index is 9.20. The molecule has 1 heterocycles. The number of tetrazole rings is 1. The summed E-state index contributed by atoms with van der Waals surface area (Å²) < 4.78 is 1.53. The number of hydrogen-bond donors (Lipinski definition) is 1. The van der Waals surface area contributed by atoms with Gasteiger partial charge in [-0.25, -0.2) is 0 Å². The summed E-state index contributed by atoms with van der Waals surface area (Å²) >= 11 is 1.28. The molecule has 1 N–H and O–H groups in total. The molecule has 0 saturated heterocycles. The lowest BCUT2D eigenvalue weighted by molar-refractivity contribution is 0.475. The minimum atomic E-state index is -0.225. The maximum Gasteiger partial charge on any atom is 0.215 e. The first kappa shape index (κ1) is 11.4. The van der Waals surface area contributed by atoms with Crippen LogP contribution in [0, 0.1) is 11.3 Å². The number of aromatic hydroxyl groups is 1. The number of phenolic OH excluding ortho intramolecular Hbond substituents is 1. The zero-order valence-corrected chi connectivity index (χ0v) is 9.79. The van der Waals surface area contributed by atoms with Crippen LogP contribution >= 0.6 is 11.8 Å². The number of nitriles is 1. The third-order valence-corrected chi connectivity index (χ3v) is 2.92. The zero-order chi connectivity index (χ0) is 12.3. The van der Waals surface area contributed by atoms with E-state index in [1.807, 2.05) is 0 Å². The Morgan fingerprint density at radius 2 is 2.12 bits per heavy atom. The summed E-state index contributed by atoms with van der Waals surface area (Å²) in [7, 11) is 0. The third kappa shape index (κ3) is 2.54. The van der Waals surface area contributed by atoms with Crippen LogP contribution in [0.2, 0.25) is 0 Å². The molecule has 0 aliphatic carbocycles. The van der Waals surface area contributed by atoms with Crippen LogP contribution in [-0.2, 0) is 0 Å². The van der Waals surface area contributed by atoms with Gasteiger partial charge in [0.25, 0.3) is 0 Å². The molecule has 7 heteroatoms. The van der Waals surface area contributed by atoms with Crippen LogP contribution in [0.15, 0.2) is 29.4 Å².